The molecule has 0 radical (unpaired) electrons. The van der Waals surface area contributed by atoms with Crippen molar-refractivity contribution in [2.45, 2.75) is 32.1 Å². The molecule has 0 saturated heterocycles. The van der Waals surface area contributed by atoms with Crippen LogP contribution in [0.2, 0.25) is 0 Å². The Morgan fingerprint density at radius 3 is 2.41 bits per heavy atom. The first-order valence-corrected chi connectivity index (χ1v) is 8.14. The second kappa shape index (κ2) is 7.06. The third-order valence-electron chi connectivity index (χ3n) is 4.96. The van der Waals surface area contributed by atoms with Gasteiger partial charge in [0.2, 0.25) is 0 Å². The monoisotopic (exact) mass is 297 g/mol. The van der Waals surface area contributed by atoms with Crippen LogP contribution in [0.5, 0.6) is 0 Å². The third-order valence-corrected chi connectivity index (χ3v) is 4.96. The number of benzene rings is 2. The highest BCUT2D eigenvalue weighted by Crippen LogP contribution is 2.37. The Balaban J connectivity index is 2.51. The summed E-state index contributed by atoms with van der Waals surface area (Å²) in [4.78, 5) is 14.3. The van der Waals surface area contributed by atoms with Gasteiger partial charge in [0.05, 0.1) is 5.41 Å². The van der Waals surface area contributed by atoms with Crippen LogP contribution in [0.4, 0.5) is 0 Å². The largest absolute Gasteiger partial charge is 0.309 e. The van der Waals surface area contributed by atoms with E-state index in [1.165, 1.54) is 17.1 Å². The van der Waals surface area contributed by atoms with Gasteiger partial charge < -0.3 is 9.69 Å². The van der Waals surface area contributed by atoms with Gasteiger partial charge in [-0.15, -0.1) is 0 Å². The van der Waals surface area contributed by atoms with Gasteiger partial charge in [-0.1, -0.05) is 62.7 Å². The Kier molecular flexibility index (Phi) is 5.36. The van der Waals surface area contributed by atoms with Gasteiger partial charge in [0.25, 0.3) is 0 Å². The van der Waals surface area contributed by atoms with Gasteiger partial charge >= 0.3 is 0 Å². The lowest BCUT2D eigenvalue weighted by molar-refractivity contribution is -0.114. The maximum absolute atomic E-state index is 12.2. The number of rotatable bonds is 7. The van der Waals surface area contributed by atoms with E-state index in [0.29, 0.717) is 5.92 Å². The minimum absolute atomic E-state index is 0.325. The summed E-state index contributed by atoms with van der Waals surface area (Å²) in [5.41, 5.74) is 0.751. The van der Waals surface area contributed by atoms with Gasteiger partial charge in [0, 0.05) is 0 Å². The smallest absolute Gasteiger partial charge is 0.130 e. The summed E-state index contributed by atoms with van der Waals surface area (Å²) in [6, 6.07) is 14.8. The van der Waals surface area contributed by atoms with Gasteiger partial charge in [-0.3, -0.25) is 0 Å². The zero-order valence-electron chi connectivity index (χ0n) is 14.2. The van der Waals surface area contributed by atoms with E-state index in [1.54, 1.807) is 0 Å². The summed E-state index contributed by atoms with van der Waals surface area (Å²) < 4.78 is 0. The van der Waals surface area contributed by atoms with E-state index in [2.05, 4.69) is 75.3 Å². The number of carbonyl (C=O) groups is 1. The molecule has 2 nitrogen and oxygen atoms in total. The van der Waals surface area contributed by atoms with Crippen LogP contribution in [0.15, 0.2) is 42.5 Å². The molecule has 0 saturated carbocycles. The van der Waals surface area contributed by atoms with Crippen molar-refractivity contribution in [3.8, 4) is 0 Å². The fraction of sp³-hybridized carbons (Fsp3) is 0.450. The first kappa shape index (κ1) is 16.7. The zero-order chi connectivity index (χ0) is 16.2. The van der Waals surface area contributed by atoms with Crippen LogP contribution < -0.4 is 0 Å². The highest BCUT2D eigenvalue weighted by Gasteiger charge is 2.36. The molecule has 118 valence electrons. The average Bonchev–Trinajstić information content (AvgIpc) is 2.55. The van der Waals surface area contributed by atoms with Crippen molar-refractivity contribution in [3.63, 3.8) is 0 Å². The van der Waals surface area contributed by atoms with Crippen LogP contribution in [0.1, 0.15) is 32.3 Å². The lowest BCUT2D eigenvalue weighted by Crippen LogP contribution is -2.38. The number of aldehydes is 1. The second-order valence-corrected chi connectivity index (χ2v) is 6.58. The van der Waals surface area contributed by atoms with E-state index >= 15 is 0 Å². The molecule has 0 bridgehead atoms. The molecule has 0 heterocycles. The van der Waals surface area contributed by atoms with Crippen molar-refractivity contribution in [2.24, 2.45) is 5.92 Å². The zero-order valence-corrected chi connectivity index (χ0v) is 14.2. The van der Waals surface area contributed by atoms with Gasteiger partial charge in [-0.2, -0.15) is 0 Å². The standard InChI is InChI=1S/C20H27NO/c1-5-16(2)20(15-22,12-13-21(3)4)19-11-10-17-8-6-7-9-18(17)14-19/h6-11,14-16H,5,12-13H2,1-4H3. The maximum atomic E-state index is 12.2. The van der Waals surface area contributed by atoms with Crippen molar-refractivity contribution in [3.05, 3.63) is 48.0 Å². The molecule has 2 unspecified atom stereocenters. The quantitative estimate of drug-likeness (QED) is 0.711. The molecule has 0 amide bonds. The molecule has 0 aliphatic heterocycles. The van der Waals surface area contributed by atoms with Crippen molar-refractivity contribution in [1.82, 2.24) is 4.90 Å². The van der Waals surface area contributed by atoms with E-state index in [0.717, 1.165) is 24.9 Å². The van der Waals surface area contributed by atoms with E-state index in [-0.39, 0.29) is 0 Å². The highest BCUT2D eigenvalue weighted by molar-refractivity contribution is 5.84. The summed E-state index contributed by atoms with van der Waals surface area (Å²) in [6.07, 6.45) is 3.05. The SMILES string of the molecule is CCC(C)C(C=O)(CCN(C)C)c1ccc2ccccc2c1. The van der Waals surface area contributed by atoms with Gasteiger partial charge in [0.15, 0.2) is 0 Å². The van der Waals surface area contributed by atoms with E-state index in [4.69, 9.17) is 0 Å². The Hall–Kier alpha value is -1.67. The molecule has 0 aliphatic carbocycles. The van der Waals surface area contributed by atoms with Crippen molar-refractivity contribution >= 4 is 17.1 Å². The maximum Gasteiger partial charge on any atom is 0.130 e. The van der Waals surface area contributed by atoms with Gasteiger partial charge in [-0.05, 0) is 49.3 Å². The van der Waals surface area contributed by atoms with Crippen LogP contribution in [0.25, 0.3) is 10.8 Å². The first-order chi connectivity index (χ1) is 10.5. The molecule has 0 fully saturated rings. The molecule has 22 heavy (non-hydrogen) atoms. The molecular formula is C20H27NO. The topological polar surface area (TPSA) is 20.3 Å². The highest BCUT2D eigenvalue weighted by atomic mass is 16.1. The molecule has 2 aromatic carbocycles. The van der Waals surface area contributed by atoms with E-state index < -0.39 is 5.41 Å². The molecule has 0 aromatic heterocycles. The fourth-order valence-electron chi connectivity index (χ4n) is 3.17. The van der Waals surface area contributed by atoms with Crippen LogP contribution >= 0.6 is 0 Å². The van der Waals surface area contributed by atoms with Crippen LogP contribution in [0.3, 0.4) is 0 Å². The molecule has 2 aromatic rings. The van der Waals surface area contributed by atoms with Crippen LogP contribution in [-0.2, 0) is 10.2 Å². The van der Waals surface area contributed by atoms with Crippen molar-refractivity contribution in [1.29, 1.82) is 0 Å². The summed E-state index contributed by atoms with van der Waals surface area (Å²) in [7, 11) is 4.12. The molecule has 2 atom stereocenters. The van der Waals surface area contributed by atoms with Crippen LogP contribution in [-0.4, -0.2) is 31.8 Å². The first-order valence-electron chi connectivity index (χ1n) is 8.14. The number of hydrogen-bond acceptors (Lipinski definition) is 2. The normalized spacial score (nSPS) is 15.7. The Morgan fingerprint density at radius 1 is 1.14 bits per heavy atom. The van der Waals surface area contributed by atoms with E-state index in [9.17, 15) is 4.79 Å². The number of fused-ring (bicyclic) bond motifs is 1. The number of carbonyl (C=O) groups excluding carboxylic acids is 1. The minimum Gasteiger partial charge on any atom is -0.309 e. The lowest BCUT2D eigenvalue weighted by Gasteiger charge is -2.35. The molecule has 2 heteroatoms. The van der Waals surface area contributed by atoms with Crippen molar-refractivity contribution < 1.29 is 4.79 Å². The van der Waals surface area contributed by atoms with Crippen molar-refractivity contribution in [2.75, 3.05) is 20.6 Å². The summed E-state index contributed by atoms with van der Waals surface area (Å²) in [6.45, 7) is 5.27. The number of nitrogens with zero attached hydrogens (tertiary/aromatic N) is 1. The Bertz CT molecular complexity index is 634. The molecular weight excluding hydrogens is 270 g/mol. The molecule has 0 spiro atoms. The third kappa shape index (κ3) is 3.22. The van der Waals surface area contributed by atoms with E-state index in [1.807, 2.05) is 0 Å². The predicted molar refractivity (Wildman–Crippen MR) is 94.3 cm³/mol. The van der Waals surface area contributed by atoms with Gasteiger partial charge in [-0.25, -0.2) is 0 Å². The van der Waals surface area contributed by atoms with Gasteiger partial charge in [0.1, 0.15) is 6.29 Å². The second-order valence-electron chi connectivity index (χ2n) is 6.58. The van der Waals surface area contributed by atoms with Crippen LogP contribution in [0, 0.1) is 5.92 Å². The average molecular weight is 297 g/mol. The summed E-state index contributed by atoms with van der Waals surface area (Å²) in [5.74, 6) is 0.325. The molecule has 0 N–H and O–H groups in total. The predicted octanol–water partition coefficient (Wildman–Crippen LogP) is 4.27. The Labute approximate surface area is 134 Å². The molecule has 2 rings (SSSR count). The summed E-state index contributed by atoms with van der Waals surface area (Å²) >= 11 is 0. The minimum atomic E-state index is -0.400. The fourth-order valence-corrected chi connectivity index (χ4v) is 3.17. The lowest BCUT2D eigenvalue weighted by atomic mass is 9.68. The number of hydrogen-bond donors (Lipinski definition) is 0. The molecule has 0 aliphatic rings. The summed E-state index contributed by atoms with van der Waals surface area (Å²) in [5, 5.41) is 2.43. The Morgan fingerprint density at radius 2 is 1.82 bits per heavy atom.